The van der Waals surface area contributed by atoms with Crippen molar-refractivity contribution in [2.75, 3.05) is 34.4 Å². The average Bonchev–Trinajstić information content (AvgIpc) is 3.12. The molecule has 1 aliphatic rings. The lowest BCUT2D eigenvalue weighted by molar-refractivity contribution is 0.0634. The van der Waals surface area contributed by atoms with Crippen molar-refractivity contribution in [2.45, 2.75) is 19.6 Å². The maximum atomic E-state index is 6.06. The van der Waals surface area contributed by atoms with Crippen molar-refractivity contribution >= 4 is 0 Å². The molecular formula is C23H26N2O5. The molecule has 0 N–H and O–H groups in total. The third kappa shape index (κ3) is 4.21. The molecule has 7 nitrogen and oxygen atoms in total. The Balaban J connectivity index is 1.44. The number of aromatic nitrogens is 1. The van der Waals surface area contributed by atoms with E-state index in [-0.39, 0.29) is 6.10 Å². The second-order valence-electron chi connectivity index (χ2n) is 7.28. The summed E-state index contributed by atoms with van der Waals surface area (Å²) in [6.45, 7) is 3.79. The largest absolute Gasteiger partial charge is 0.497 e. The Kier molecular flexibility index (Phi) is 5.81. The lowest BCUT2D eigenvalue weighted by Gasteiger charge is -2.29. The molecule has 1 atom stereocenters. The van der Waals surface area contributed by atoms with Gasteiger partial charge in [-0.2, -0.15) is 0 Å². The van der Waals surface area contributed by atoms with E-state index in [0.29, 0.717) is 31.3 Å². The van der Waals surface area contributed by atoms with E-state index in [2.05, 4.69) is 4.90 Å². The lowest BCUT2D eigenvalue weighted by Crippen LogP contribution is -2.39. The van der Waals surface area contributed by atoms with Gasteiger partial charge in [-0.25, -0.2) is 4.98 Å². The fraction of sp³-hybridized carbons (Fsp3) is 0.348. The molecule has 0 bridgehead atoms. The van der Waals surface area contributed by atoms with Crippen molar-refractivity contribution < 1.29 is 23.4 Å². The molecule has 0 radical (unpaired) electrons. The van der Waals surface area contributed by atoms with Crippen LogP contribution in [0.5, 0.6) is 23.0 Å². The number of oxazole rings is 1. The molecule has 30 heavy (non-hydrogen) atoms. The number of likely N-dealkylation sites (N-methyl/N-ethyl adjacent to an activating group) is 1. The van der Waals surface area contributed by atoms with Gasteiger partial charge in [0.2, 0.25) is 5.89 Å². The van der Waals surface area contributed by atoms with E-state index < -0.39 is 0 Å². The molecule has 0 spiro atoms. The number of methoxy groups -OCH3 is 2. The summed E-state index contributed by atoms with van der Waals surface area (Å²) in [6.07, 6.45) is -0.0433. The minimum absolute atomic E-state index is 0.0433. The van der Waals surface area contributed by atoms with Crippen LogP contribution in [0.3, 0.4) is 0 Å². The Labute approximate surface area is 176 Å². The number of aryl methyl sites for hydroxylation is 1. The molecule has 4 rings (SSSR count). The van der Waals surface area contributed by atoms with Crippen molar-refractivity contribution in [2.24, 2.45) is 0 Å². The molecule has 158 valence electrons. The number of para-hydroxylation sites is 2. The van der Waals surface area contributed by atoms with Gasteiger partial charge in [0.1, 0.15) is 30.0 Å². The van der Waals surface area contributed by atoms with Gasteiger partial charge in [-0.1, -0.05) is 12.1 Å². The second-order valence-corrected chi connectivity index (χ2v) is 7.28. The smallest absolute Gasteiger partial charge is 0.230 e. The molecule has 0 aliphatic carbocycles. The number of hydrogen-bond donors (Lipinski definition) is 0. The van der Waals surface area contributed by atoms with Crippen LogP contribution in [-0.4, -0.2) is 50.4 Å². The Morgan fingerprint density at radius 1 is 1.10 bits per heavy atom. The Morgan fingerprint density at radius 3 is 2.67 bits per heavy atom. The summed E-state index contributed by atoms with van der Waals surface area (Å²) in [4.78, 5) is 6.87. The third-order valence-corrected chi connectivity index (χ3v) is 5.03. The number of nitrogens with zero attached hydrogens (tertiary/aromatic N) is 2. The van der Waals surface area contributed by atoms with E-state index in [9.17, 15) is 0 Å². The highest BCUT2D eigenvalue weighted by Gasteiger charge is 2.23. The summed E-state index contributed by atoms with van der Waals surface area (Å²) in [5.74, 6) is 4.26. The van der Waals surface area contributed by atoms with Crippen molar-refractivity contribution in [3.8, 4) is 34.5 Å². The molecule has 1 aromatic heterocycles. The highest BCUT2D eigenvalue weighted by atomic mass is 16.6. The molecule has 7 heteroatoms. The fourth-order valence-electron chi connectivity index (χ4n) is 3.49. The van der Waals surface area contributed by atoms with Crippen LogP contribution < -0.4 is 18.9 Å². The first-order chi connectivity index (χ1) is 14.6. The number of ether oxygens (including phenoxy) is 4. The van der Waals surface area contributed by atoms with Crippen LogP contribution in [0.4, 0.5) is 0 Å². The number of fused-ring (bicyclic) bond motifs is 1. The van der Waals surface area contributed by atoms with E-state index in [0.717, 1.165) is 34.3 Å². The molecule has 3 aromatic rings. The van der Waals surface area contributed by atoms with Crippen LogP contribution in [0.15, 0.2) is 46.9 Å². The normalized spacial score (nSPS) is 15.3. The molecule has 0 fully saturated rings. The zero-order valence-corrected chi connectivity index (χ0v) is 17.7. The SMILES string of the molecule is COc1ccc(-c2nc(CN(C)CC3COc4ccccc4O3)c(C)o2)c(OC)c1. The first kappa shape index (κ1) is 20.1. The van der Waals surface area contributed by atoms with Gasteiger partial charge in [-0.3, -0.25) is 4.90 Å². The minimum atomic E-state index is -0.0433. The van der Waals surface area contributed by atoms with E-state index in [1.165, 1.54) is 0 Å². The molecule has 1 unspecified atom stereocenters. The minimum Gasteiger partial charge on any atom is -0.497 e. The molecule has 0 amide bonds. The van der Waals surface area contributed by atoms with E-state index in [4.69, 9.17) is 28.3 Å². The predicted molar refractivity (Wildman–Crippen MR) is 112 cm³/mol. The summed E-state index contributed by atoms with van der Waals surface area (Å²) in [7, 11) is 5.27. The highest BCUT2D eigenvalue weighted by molar-refractivity contribution is 5.65. The zero-order valence-electron chi connectivity index (χ0n) is 17.7. The van der Waals surface area contributed by atoms with Crippen molar-refractivity contribution in [3.63, 3.8) is 0 Å². The quantitative estimate of drug-likeness (QED) is 0.584. The van der Waals surface area contributed by atoms with Gasteiger partial charge in [0.05, 0.1) is 25.5 Å². The Morgan fingerprint density at radius 2 is 1.90 bits per heavy atom. The molecule has 0 saturated heterocycles. The summed E-state index contributed by atoms with van der Waals surface area (Å²) in [6, 6.07) is 13.3. The van der Waals surface area contributed by atoms with Crippen LogP contribution in [0.1, 0.15) is 11.5 Å². The van der Waals surface area contributed by atoms with Gasteiger partial charge in [0.15, 0.2) is 11.5 Å². The Bertz CT molecular complexity index is 1020. The monoisotopic (exact) mass is 410 g/mol. The lowest BCUT2D eigenvalue weighted by atomic mass is 10.2. The number of hydrogen-bond acceptors (Lipinski definition) is 7. The van der Waals surface area contributed by atoms with Crippen LogP contribution in [0.25, 0.3) is 11.5 Å². The maximum Gasteiger partial charge on any atom is 0.230 e. The molecule has 2 heterocycles. The topological polar surface area (TPSA) is 66.2 Å². The van der Waals surface area contributed by atoms with E-state index in [1.54, 1.807) is 14.2 Å². The first-order valence-electron chi connectivity index (χ1n) is 9.83. The van der Waals surface area contributed by atoms with Gasteiger partial charge in [0.25, 0.3) is 0 Å². The van der Waals surface area contributed by atoms with Crippen molar-refractivity contribution in [3.05, 3.63) is 53.9 Å². The molecule has 0 saturated carbocycles. The molecular weight excluding hydrogens is 384 g/mol. The third-order valence-electron chi connectivity index (χ3n) is 5.03. The van der Waals surface area contributed by atoms with Gasteiger partial charge >= 0.3 is 0 Å². The standard InChI is InChI=1S/C23H26N2O5/c1-15-19(24-23(29-15)18-10-9-16(26-3)11-22(18)27-4)13-25(2)12-17-14-28-20-7-5-6-8-21(20)30-17/h5-11,17H,12-14H2,1-4H3. The summed E-state index contributed by atoms with van der Waals surface area (Å²) in [5.41, 5.74) is 1.67. The fourth-order valence-corrected chi connectivity index (χ4v) is 3.49. The van der Waals surface area contributed by atoms with Crippen molar-refractivity contribution in [1.29, 1.82) is 0 Å². The van der Waals surface area contributed by atoms with E-state index >= 15 is 0 Å². The van der Waals surface area contributed by atoms with Crippen LogP contribution in [0.2, 0.25) is 0 Å². The Hall–Kier alpha value is -3.19. The van der Waals surface area contributed by atoms with Crippen LogP contribution >= 0.6 is 0 Å². The van der Waals surface area contributed by atoms with Gasteiger partial charge < -0.3 is 23.4 Å². The average molecular weight is 410 g/mol. The second kappa shape index (κ2) is 8.67. The molecule has 2 aromatic carbocycles. The van der Waals surface area contributed by atoms with Crippen LogP contribution in [-0.2, 0) is 6.54 Å². The van der Waals surface area contributed by atoms with Gasteiger partial charge in [-0.05, 0) is 38.2 Å². The maximum absolute atomic E-state index is 6.06. The predicted octanol–water partition coefficient (Wildman–Crippen LogP) is 3.94. The first-order valence-corrected chi connectivity index (χ1v) is 9.83. The van der Waals surface area contributed by atoms with Crippen molar-refractivity contribution in [1.82, 2.24) is 9.88 Å². The van der Waals surface area contributed by atoms with Gasteiger partial charge in [0, 0.05) is 19.2 Å². The van der Waals surface area contributed by atoms with Gasteiger partial charge in [-0.15, -0.1) is 0 Å². The zero-order chi connectivity index (χ0) is 21.1. The summed E-state index contributed by atoms with van der Waals surface area (Å²) in [5, 5.41) is 0. The number of benzene rings is 2. The summed E-state index contributed by atoms with van der Waals surface area (Å²) >= 11 is 0. The number of rotatable bonds is 7. The molecule has 1 aliphatic heterocycles. The highest BCUT2D eigenvalue weighted by Crippen LogP contribution is 2.34. The van der Waals surface area contributed by atoms with E-state index in [1.807, 2.05) is 56.4 Å². The van der Waals surface area contributed by atoms with Crippen LogP contribution in [0, 0.1) is 6.92 Å². The summed E-state index contributed by atoms with van der Waals surface area (Å²) < 4.78 is 28.5.